The molecule has 1 heterocycles. The van der Waals surface area contributed by atoms with Gasteiger partial charge in [0.15, 0.2) is 0 Å². The molecule has 2 N–H and O–H groups in total. The van der Waals surface area contributed by atoms with Crippen molar-refractivity contribution in [1.29, 1.82) is 0 Å². The van der Waals surface area contributed by atoms with Crippen LogP contribution in [0.5, 0.6) is 0 Å². The monoisotopic (exact) mass is 288 g/mol. The van der Waals surface area contributed by atoms with Crippen molar-refractivity contribution in [3.05, 3.63) is 36.0 Å². The first-order valence-electron chi connectivity index (χ1n) is 7.48. The van der Waals surface area contributed by atoms with Gasteiger partial charge in [0.25, 0.3) is 0 Å². The number of fused-ring (bicyclic) bond motifs is 1. The Morgan fingerprint density at radius 1 is 1.30 bits per heavy atom. The quantitative estimate of drug-likeness (QED) is 0.836. The smallest absolute Gasteiger partial charge is 0.0456 e. The molecule has 1 aliphatic rings. The van der Waals surface area contributed by atoms with Crippen molar-refractivity contribution in [2.24, 2.45) is 0 Å². The number of hydrogen-bond acceptors (Lipinski definition) is 2. The van der Waals surface area contributed by atoms with E-state index in [1.807, 2.05) is 11.8 Å². The molecule has 3 rings (SSSR count). The van der Waals surface area contributed by atoms with Gasteiger partial charge in [0.1, 0.15) is 0 Å². The summed E-state index contributed by atoms with van der Waals surface area (Å²) in [6.07, 6.45) is 7.05. The van der Waals surface area contributed by atoms with Gasteiger partial charge in [-0.2, -0.15) is 11.8 Å². The molecule has 1 aliphatic carbocycles. The third-order valence-electron chi connectivity index (χ3n) is 4.67. The summed E-state index contributed by atoms with van der Waals surface area (Å²) in [5.74, 6) is 1.75. The Morgan fingerprint density at radius 2 is 2.05 bits per heavy atom. The van der Waals surface area contributed by atoms with Crippen LogP contribution in [0.15, 0.2) is 30.5 Å². The van der Waals surface area contributed by atoms with Crippen molar-refractivity contribution in [2.45, 2.75) is 44.2 Å². The van der Waals surface area contributed by atoms with E-state index >= 15 is 0 Å². The summed E-state index contributed by atoms with van der Waals surface area (Å²) in [5, 5.41) is 5.25. The van der Waals surface area contributed by atoms with E-state index in [9.17, 15) is 0 Å². The highest BCUT2D eigenvalue weighted by atomic mass is 32.2. The van der Waals surface area contributed by atoms with Crippen molar-refractivity contribution in [2.75, 3.05) is 12.0 Å². The highest BCUT2D eigenvalue weighted by Gasteiger charge is 2.43. The van der Waals surface area contributed by atoms with Crippen LogP contribution in [-0.4, -0.2) is 28.6 Å². The Labute approximate surface area is 125 Å². The number of H-pyrrole nitrogens is 1. The lowest BCUT2D eigenvalue weighted by Gasteiger charge is -2.27. The molecule has 0 radical (unpaired) electrons. The zero-order chi connectivity index (χ0) is 14.2. The molecule has 2 unspecified atom stereocenters. The molecule has 3 heteroatoms. The second-order valence-electron chi connectivity index (χ2n) is 6.22. The minimum atomic E-state index is 0.416. The van der Waals surface area contributed by atoms with Gasteiger partial charge in [-0.05, 0) is 43.6 Å². The average Bonchev–Trinajstić information content (AvgIpc) is 3.06. The molecule has 1 aromatic heterocycles. The lowest BCUT2D eigenvalue weighted by Crippen LogP contribution is -2.42. The Hall–Kier alpha value is -0.930. The SMILES string of the molecule is CSCC1(NC(C)C(C)c2c[nH]c3ccccc23)CC1. The van der Waals surface area contributed by atoms with E-state index in [-0.39, 0.29) is 0 Å². The van der Waals surface area contributed by atoms with Crippen LogP contribution in [0.3, 0.4) is 0 Å². The number of aromatic amines is 1. The van der Waals surface area contributed by atoms with Gasteiger partial charge >= 0.3 is 0 Å². The minimum absolute atomic E-state index is 0.416. The zero-order valence-corrected chi connectivity index (χ0v) is 13.4. The molecule has 2 atom stereocenters. The van der Waals surface area contributed by atoms with Gasteiger partial charge in [-0.1, -0.05) is 25.1 Å². The normalized spacial score (nSPS) is 19.9. The van der Waals surface area contributed by atoms with Gasteiger partial charge in [-0.25, -0.2) is 0 Å². The summed E-state index contributed by atoms with van der Waals surface area (Å²) in [6, 6.07) is 9.09. The number of rotatable bonds is 6. The molecule has 1 aromatic carbocycles. The van der Waals surface area contributed by atoms with Gasteiger partial charge < -0.3 is 10.3 Å². The Kier molecular flexibility index (Phi) is 3.83. The van der Waals surface area contributed by atoms with Crippen molar-refractivity contribution >= 4 is 22.7 Å². The summed E-state index contributed by atoms with van der Waals surface area (Å²) < 4.78 is 0. The highest BCUT2D eigenvalue weighted by Crippen LogP contribution is 2.40. The first kappa shape index (κ1) is 14.0. The van der Waals surface area contributed by atoms with E-state index in [2.05, 4.69) is 60.9 Å². The van der Waals surface area contributed by atoms with Crippen LogP contribution in [0, 0.1) is 0 Å². The molecule has 0 spiro atoms. The van der Waals surface area contributed by atoms with Crippen LogP contribution < -0.4 is 5.32 Å². The van der Waals surface area contributed by atoms with Crippen LogP contribution in [-0.2, 0) is 0 Å². The molecule has 1 fully saturated rings. The molecule has 0 bridgehead atoms. The number of benzene rings is 1. The minimum Gasteiger partial charge on any atom is -0.361 e. The molecule has 20 heavy (non-hydrogen) atoms. The Morgan fingerprint density at radius 3 is 2.75 bits per heavy atom. The topological polar surface area (TPSA) is 27.8 Å². The third-order valence-corrected chi connectivity index (χ3v) is 5.51. The number of aromatic nitrogens is 1. The van der Waals surface area contributed by atoms with E-state index in [4.69, 9.17) is 0 Å². The maximum absolute atomic E-state index is 3.89. The third kappa shape index (κ3) is 2.61. The van der Waals surface area contributed by atoms with Crippen molar-refractivity contribution in [3.8, 4) is 0 Å². The summed E-state index contributed by atoms with van der Waals surface area (Å²) in [7, 11) is 0. The number of thioether (sulfide) groups is 1. The first-order chi connectivity index (χ1) is 9.65. The predicted octanol–water partition coefficient (Wildman–Crippen LogP) is 4.15. The van der Waals surface area contributed by atoms with Crippen molar-refractivity contribution in [3.63, 3.8) is 0 Å². The molecule has 0 aliphatic heterocycles. The molecule has 1 saturated carbocycles. The number of para-hydroxylation sites is 1. The summed E-state index contributed by atoms with van der Waals surface area (Å²) >= 11 is 1.96. The number of nitrogens with one attached hydrogen (secondary N) is 2. The van der Waals surface area contributed by atoms with Gasteiger partial charge in [0.05, 0.1) is 0 Å². The van der Waals surface area contributed by atoms with Gasteiger partial charge in [-0.3, -0.25) is 0 Å². The van der Waals surface area contributed by atoms with E-state index in [1.54, 1.807) is 0 Å². The van der Waals surface area contributed by atoms with E-state index < -0.39 is 0 Å². The number of hydrogen-bond donors (Lipinski definition) is 2. The van der Waals surface area contributed by atoms with Crippen LogP contribution in [0.25, 0.3) is 10.9 Å². The zero-order valence-electron chi connectivity index (χ0n) is 12.6. The Balaban J connectivity index is 1.76. The summed E-state index contributed by atoms with van der Waals surface area (Å²) in [5.41, 5.74) is 3.09. The van der Waals surface area contributed by atoms with E-state index in [1.165, 1.54) is 35.1 Å². The Bertz CT molecular complexity index is 585. The van der Waals surface area contributed by atoms with Crippen molar-refractivity contribution in [1.82, 2.24) is 10.3 Å². The van der Waals surface area contributed by atoms with E-state index in [0.29, 0.717) is 17.5 Å². The molecular formula is C17H24N2S. The average molecular weight is 288 g/mol. The van der Waals surface area contributed by atoms with Crippen molar-refractivity contribution < 1.29 is 0 Å². The lowest BCUT2D eigenvalue weighted by atomic mass is 9.93. The lowest BCUT2D eigenvalue weighted by molar-refractivity contribution is 0.417. The van der Waals surface area contributed by atoms with Gasteiger partial charge in [0.2, 0.25) is 0 Å². The largest absolute Gasteiger partial charge is 0.361 e. The first-order valence-corrected chi connectivity index (χ1v) is 8.87. The highest BCUT2D eigenvalue weighted by molar-refractivity contribution is 7.98. The van der Waals surface area contributed by atoms with E-state index in [0.717, 1.165) is 0 Å². The maximum atomic E-state index is 3.89. The second kappa shape index (κ2) is 5.45. The van der Waals surface area contributed by atoms with Crippen LogP contribution in [0.4, 0.5) is 0 Å². The molecular weight excluding hydrogens is 264 g/mol. The standard InChI is InChI=1S/C17H24N2S/c1-12(13(2)19-17(8-9-17)11-20-3)15-10-18-16-7-5-4-6-14(15)16/h4-7,10,12-13,18-19H,8-9,11H2,1-3H3. The fourth-order valence-electron chi connectivity index (χ4n) is 3.11. The predicted molar refractivity (Wildman–Crippen MR) is 89.7 cm³/mol. The molecule has 2 nitrogen and oxygen atoms in total. The van der Waals surface area contributed by atoms with Crippen LogP contribution >= 0.6 is 11.8 Å². The summed E-state index contributed by atoms with van der Waals surface area (Å²) in [4.78, 5) is 3.40. The molecule has 2 aromatic rings. The molecule has 0 saturated heterocycles. The molecule has 108 valence electrons. The second-order valence-corrected chi connectivity index (χ2v) is 7.09. The fraction of sp³-hybridized carbons (Fsp3) is 0.529. The summed E-state index contributed by atoms with van der Waals surface area (Å²) in [6.45, 7) is 4.66. The van der Waals surface area contributed by atoms with Crippen LogP contribution in [0.1, 0.15) is 38.2 Å². The van der Waals surface area contributed by atoms with Gasteiger partial charge in [-0.15, -0.1) is 0 Å². The fourth-order valence-corrected chi connectivity index (χ4v) is 4.03. The van der Waals surface area contributed by atoms with Crippen LogP contribution in [0.2, 0.25) is 0 Å². The molecule has 0 amide bonds. The van der Waals surface area contributed by atoms with Gasteiger partial charge in [0, 0.05) is 34.4 Å². The maximum Gasteiger partial charge on any atom is 0.0456 e.